The number of hydrogen-bond donors (Lipinski definition) is 0. The summed E-state index contributed by atoms with van der Waals surface area (Å²) in [5.41, 5.74) is 2.76. The molecule has 3 aromatic carbocycles. The monoisotopic (exact) mass is 398 g/mol. The number of hydrogen-bond acceptors (Lipinski definition) is 4. The van der Waals surface area contributed by atoms with Crippen LogP contribution < -0.4 is 14.9 Å². The lowest BCUT2D eigenvalue weighted by molar-refractivity contribution is 0.363. The molecule has 4 heteroatoms. The van der Waals surface area contributed by atoms with Crippen LogP contribution in [0.4, 0.5) is 0 Å². The van der Waals surface area contributed by atoms with Crippen LogP contribution in [0.3, 0.4) is 0 Å². The molecule has 0 fully saturated rings. The predicted molar refractivity (Wildman–Crippen MR) is 120 cm³/mol. The van der Waals surface area contributed by atoms with Gasteiger partial charge in [-0.1, -0.05) is 54.6 Å². The minimum atomic E-state index is -0.0891. The molecule has 0 saturated carbocycles. The van der Waals surface area contributed by atoms with Gasteiger partial charge >= 0.3 is 0 Å². The van der Waals surface area contributed by atoms with Crippen LogP contribution in [0.1, 0.15) is 11.3 Å². The molecule has 4 rings (SSSR count). The highest BCUT2D eigenvalue weighted by Crippen LogP contribution is 2.32. The largest absolute Gasteiger partial charge is 0.496 e. The number of benzene rings is 3. The van der Waals surface area contributed by atoms with Gasteiger partial charge < -0.3 is 13.9 Å². The molecule has 150 valence electrons. The van der Waals surface area contributed by atoms with Crippen LogP contribution in [0, 0.1) is 6.92 Å². The van der Waals surface area contributed by atoms with Crippen molar-refractivity contribution in [3.63, 3.8) is 0 Å². The standard InChI is InChI=1S/C26H22O4/c1-18-25(21-12-6-7-13-23(21)28-2)26(27)22-15-14-20(17-24(22)30-18)29-16-8-11-19-9-4-3-5-10-19/h3-15,17H,16H2,1-2H3/b11-8+. The van der Waals surface area contributed by atoms with Gasteiger partial charge in [0, 0.05) is 11.6 Å². The van der Waals surface area contributed by atoms with Crippen molar-refractivity contribution in [3.05, 3.63) is 100 Å². The summed E-state index contributed by atoms with van der Waals surface area (Å²) >= 11 is 0. The molecule has 0 unspecified atom stereocenters. The lowest BCUT2D eigenvalue weighted by atomic mass is 10.0. The molecular weight excluding hydrogens is 376 g/mol. The van der Waals surface area contributed by atoms with Gasteiger partial charge in [0.15, 0.2) is 0 Å². The van der Waals surface area contributed by atoms with Crippen molar-refractivity contribution in [1.82, 2.24) is 0 Å². The van der Waals surface area contributed by atoms with Crippen LogP contribution in [-0.2, 0) is 0 Å². The van der Waals surface area contributed by atoms with E-state index in [0.717, 1.165) is 11.1 Å². The summed E-state index contributed by atoms with van der Waals surface area (Å²) in [6.45, 7) is 2.21. The molecule has 1 aromatic heterocycles. The average Bonchev–Trinajstić information content (AvgIpc) is 2.77. The lowest BCUT2D eigenvalue weighted by Gasteiger charge is -2.11. The quantitative estimate of drug-likeness (QED) is 0.408. The Bertz CT molecular complexity index is 1250. The smallest absolute Gasteiger partial charge is 0.200 e. The van der Waals surface area contributed by atoms with Crippen LogP contribution in [0.5, 0.6) is 11.5 Å². The molecule has 0 amide bonds. The number of fused-ring (bicyclic) bond motifs is 1. The van der Waals surface area contributed by atoms with E-state index in [1.54, 1.807) is 32.2 Å². The SMILES string of the molecule is COc1ccccc1-c1c(C)oc2cc(OC/C=C/c3ccccc3)ccc2c1=O. The second kappa shape index (κ2) is 8.70. The summed E-state index contributed by atoms with van der Waals surface area (Å²) in [7, 11) is 1.59. The minimum absolute atomic E-state index is 0.0891. The van der Waals surface area contributed by atoms with Crippen LogP contribution >= 0.6 is 0 Å². The molecule has 0 bridgehead atoms. The van der Waals surface area contributed by atoms with Crippen LogP contribution in [-0.4, -0.2) is 13.7 Å². The zero-order chi connectivity index (χ0) is 20.9. The van der Waals surface area contributed by atoms with Gasteiger partial charge in [-0.2, -0.15) is 0 Å². The van der Waals surface area contributed by atoms with Crippen molar-refractivity contribution >= 4 is 17.0 Å². The maximum atomic E-state index is 13.2. The normalized spacial score (nSPS) is 11.1. The molecule has 0 aliphatic heterocycles. The van der Waals surface area contributed by atoms with E-state index in [1.807, 2.05) is 66.7 Å². The summed E-state index contributed by atoms with van der Waals surface area (Å²) in [4.78, 5) is 13.2. The number of aryl methyl sites for hydroxylation is 1. The third kappa shape index (κ3) is 3.98. The van der Waals surface area contributed by atoms with E-state index in [9.17, 15) is 4.79 Å². The zero-order valence-electron chi connectivity index (χ0n) is 16.9. The Morgan fingerprint density at radius 1 is 0.967 bits per heavy atom. The Morgan fingerprint density at radius 2 is 1.73 bits per heavy atom. The fraction of sp³-hybridized carbons (Fsp3) is 0.115. The Labute approximate surface area is 175 Å². The number of para-hydroxylation sites is 1. The van der Waals surface area contributed by atoms with E-state index in [2.05, 4.69) is 0 Å². The fourth-order valence-corrected chi connectivity index (χ4v) is 3.43. The summed E-state index contributed by atoms with van der Waals surface area (Å²) in [5.74, 6) is 1.82. The summed E-state index contributed by atoms with van der Waals surface area (Å²) in [6, 6.07) is 22.8. The van der Waals surface area contributed by atoms with Gasteiger partial charge in [-0.3, -0.25) is 4.79 Å². The van der Waals surface area contributed by atoms with E-state index >= 15 is 0 Å². The maximum absolute atomic E-state index is 13.2. The molecule has 0 aliphatic rings. The van der Waals surface area contributed by atoms with E-state index in [-0.39, 0.29) is 5.43 Å². The lowest BCUT2D eigenvalue weighted by Crippen LogP contribution is -2.08. The van der Waals surface area contributed by atoms with Crippen molar-refractivity contribution in [1.29, 1.82) is 0 Å². The number of ether oxygens (including phenoxy) is 2. The highest BCUT2D eigenvalue weighted by Gasteiger charge is 2.17. The molecule has 0 radical (unpaired) electrons. The fourth-order valence-electron chi connectivity index (χ4n) is 3.43. The van der Waals surface area contributed by atoms with Crippen molar-refractivity contribution in [2.45, 2.75) is 6.92 Å². The van der Waals surface area contributed by atoms with Crippen LogP contribution in [0.15, 0.2) is 88.1 Å². The number of methoxy groups -OCH3 is 1. The highest BCUT2D eigenvalue weighted by molar-refractivity contribution is 5.85. The van der Waals surface area contributed by atoms with Crippen molar-refractivity contribution in [2.24, 2.45) is 0 Å². The second-order valence-corrected chi connectivity index (χ2v) is 6.84. The van der Waals surface area contributed by atoms with Gasteiger partial charge in [-0.05, 0) is 36.8 Å². The molecular formula is C26H22O4. The zero-order valence-corrected chi connectivity index (χ0v) is 16.9. The Kier molecular flexibility index (Phi) is 5.66. The van der Waals surface area contributed by atoms with Crippen molar-refractivity contribution < 1.29 is 13.9 Å². The predicted octanol–water partition coefficient (Wildman–Crippen LogP) is 5.87. The highest BCUT2D eigenvalue weighted by atomic mass is 16.5. The minimum Gasteiger partial charge on any atom is -0.496 e. The van der Waals surface area contributed by atoms with Gasteiger partial charge in [0.1, 0.15) is 29.4 Å². The molecule has 0 spiro atoms. The maximum Gasteiger partial charge on any atom is 0.200 e. The van der Waals surface area contributed by atoms with Gasteiger partial charge in [0.2, 0.25) is 5.43 Å². The van der Waals surface area contributed by atoms with Gasteiger partial charge in [-0.25, -0.2) is 0 Å². The Morgan fingerprint density at radius 3 is 2.53 bits per heavy atom. The first-order chi connectivity index (χ1) is 14.7. The molecule has 0 aliphatic carbocycles. The molecule has 4 aromatic rings. The molecule has 1 heterocycles. The molecule has 30 heavy (non-hydrogen) atoms. The third-order valence-electron chi connectivity index (χ3n) is 4.87. The van der Waals surface area contributed by atoms with Crippen LogP contribution in [0.2, 0.25) is 0 Å². The Hall–Kier alpha value is -3.79. The number of rotatable bonds is 6. The topological polar surface area (TPSA) is 48.7 Å². The molecule has 4 nitrogen and oxygen atoms in total. The van der Waals surface area contributed by atoms with Gasteiger partial charge in [-0.15, -0.1) is 0 Å². The van der Waals surface area contributed by atoms with Crippen LogP contribution in [0.25, 0.3) is 28.2 Å². The van der Waals surface area contributed by atoms with E-state index in [4.69, 9.17) is 13.9 Å². The second-order valence-electron chi connectivity index (χ2n) is 6.84. The molecule has 0 atom stereocenters. The Balaban J connectivity index is 1.61. The molecule has 0 N–H and O–H groups in total. The third-order valence-corrected chi connectivity index (χ3v) is 4.87. The van der Waals surface area contributed by atoms with E-state index in [1.165, 1.54) is 0 Å². The average molecular weight is 398 g/mol. The molecule has 0 saturated heterocycles. The first kappa shape index (κ1) is 19.5. The van der Waals surface area contributed by atoms with Crippen molar-refractivity contribution in [3.8, 4) is 22.6 Å². The summed E-state index contributed by atoms with van der Waals surface area (Å²) in [5, 5.41) is 0.508. The summed E-state index contributed by atoms with van der Waals surface area (Å²) in [6.07, 6.45) is 3.95. The van der Waals surface area contributed by atoms with E-state index in [0.29, 0.717) is 40.4 Å². The van der Waals surface area contributed by atoms with Gasteiger partial charge in [0.05, 0.1) is 18.1 Å². The van der Waals surface area contributed by atoms with Crippen molar-refractivity contribution in [2.75, 3.05) is 13.7 Å². The first-order valence-corrected chi connectivity index (χ1v) is 9.72. The van der Waals surface area contributed by atoms with E-state index < -0.39 is 0 Å². The van der Waals surface area contributed by atoms with Gasteiger partial charge in [0.25, 0.3) is 0 Å². The first-order valence-electron chi connectivity index (χ1n) is 9.72. The summed E-state index contributed by atoms with van der Waals surface area (Å²) < 4.78 is 17.2.